The fourth-order valence-corrected chi connectivity index (χ4v) is 5.99. The maximum absolute atomic E-state index is 13.8. The number of ether oxygens (including phenoxy) is 1. The highest BCUT2D eigenvalue weighted by molar-refractivity contribution is 14.1. The average Bonchev–Trinajstić information content (AvgIpc) is 2.85. The number of aryl methyl sites for hydroxylation is 1. The van der Waals surface area contributed by atoms with Crippen LogP contribution in [0.25, 0.3) is 10.9 Å². The van der Waals surface area contributed by atoms with Crippen LogP contribution in [-0.2, 0) is 11.2 Å². The molecule has 0 radical (unpaired) electrons. The number of hydrogen-bond acceptors (Lipinski definition) is 5. The Morgan fingerprint density at radius 1 is 1.19 bits per heavy atom. The summed E-state index contributed by atoms with van der Waals surface area (Å²) in [6, 6.07) is 15.0. The molecule has 3 aromatic carbocycles. The van der Waals surface area contributed by atoms with Gasteiger partial charge in [0, 0.05) is 10.9 Å². The zero-order valence-electron chi connectivity index (χ0n) is 19.5. The van der Waals surface area contributed by atoms with E-state index in [0.717, 1.165) is 23.6 Å². The summed E-state index contributed by atoms with van der Waals surface area (Å²) in [4.78, 5) is 30.1. The van der Waals surface area contributed by atoms with Gasteiger partial charge in [-0.2, -0.15) is 9.78 Å². The number of anilines is 1. The molecule has 4 rings (SSSR count). The van der Waals surface area contributed by atoms with Gasteiger partial charge in [-0.05, 0) is 99.6 Å². The standard InChI is InChI=1S/C26H20BrFI2N4O3/c1-2-5-23-32-21-9-8-16(27)12-17(21)26(36)34(23)31-13-15-10-19(29)25(20(30)11-15)37-14-24(35)33-22-7-4-3-6-18(22)28/h3-4,6-13H,2,5,14H2,1H3,(H,33,35). The Morgan fingerprint density at radius 2 is 1.92 bits per heavy atom. The summed E-state index contributed by atoms with van der Waals surface area (Å²) in [5.74, 6) is 0.131. The van der Waals surface area contributed by atoms with Gasteiger partial charge in [-0.3, -0.25) is 9.59 Å². The molecule has 0 aliphatic heterocycles. The van der Waals surface area contributed by atoms with Crippen LogP contribution in [0.1, 0.15) is 24.7 Å². The molecule has 4 aromatic rings. The molecule has 190 valence electrons. The Kier molecular flexibility index (Phi) is 9.29. The number of carbonyl (C=O) groups excluding carboxylic acids is 1. The fraction of sp³-hybridized carbons (Fsp3) is 0.154. The smallest absolute Gasteiger partial charge is 0.282 e. The number of benzene rings is 3. The van der Waals surface area contributed by atoms with E-state index in [0.29, 0.717) is 28.9 Å². The summed E-state index contributed by atoms with van der Waals surface area (Å²) < 4.78 is 23.1. The van der Waals surface area contributed by atoms with E-state index in [1.807, 2.05) is 31.2 Å². The van der Waals surface area contributed by atoms with Crippen molar-refractivity contribution in [1.82, 2.24) is 9.66 Å². The third kappa shape index (κ3) is 6.74. The molecule has 0 fully saturated rings. The third-order valence-corrected chi connectivity index (χ3v) is 7.28. The normalized spacial score (nSPS) is 11.3. The highest BCUT2D eigenvalue weighted by Gasteiger charge is 2.14. The summed E-state index contributed by atoms with van der Waals surface area (Å²) in [7, 11) is 0. The molecule has 0 aliphatic carbocycles. The molecule has 0 aliphatic rings. The van der Waals surface area contributed by atoms with Gasteiger partial charge in [-0.25, -0.2) is 9.37 Å². The highest BCUT2D eigenvalue weighted by Crippen LogP contribution is 2.29. The van der Waals surface area contributed by atoms with Crippen LogP contribution in [0.4, 0.5) is 10.1 Å². The van der Waals surface area contributed by atoms with E-state index >= 15 is 0 Å². The molecular weight excluding hydrogens is 769 g/mol. The Morgan fingerprint density at radius 3 is 2.62 bits per heavy atom. The van der Waals surface area contributed by atoms with Crippen LogP contribution in [0.3, 0.4) is 0 Å². The van der Waals surface area contributed by atoms with Gasteiger partial charge in [0.05, 0.1) is 29.9 Å². The monoisotopic (exact) mass is 788 g/mol. The van der Waals surface area contributed by atoms with E-state index in [2.05, 4.69) is 76.5 Å². The topological polar surface area (TPSA) is 85.6 Å². The number of carbonyl (C=O) groups is 1. The minimum absolute atomic E-state index is 0.0975. The summed E-state index contributed by atoms with van der Waals surface area (Å²) >= 11 is 7.64. The fourth-order valence-electron chi connectivity index (χ4n) is 3.50. The van der Waals surface area contributed by atoms with Crippen molar-refractivity contribution >= 4 is 89.8 Å². The number of amides is 1. The molecule has 0 unspecified atom stereocenters. The molecule has 11 heteroatoms. The first kappa shape index (κ1) is 27.6. The lowest BCUT2D eigenvalue weighted by molar-refractivity contribution is -0.118. The van der Waals surface area contributed by atoms with Gasteiger partial charge in [0.15, 0.2) is 6.61 Å². The minimum Gasteiger partial charge on any atom is -0.482 e. The van der Waals surface area contributed by atoms with Crippen LogP contribution in [0.15, 0.2) is 69.0 Å². The molecule has 0 bridgehead atoms. The highest BCUT2D eigenvalue weighted by atomic mass is 127. The van der Waals surface area contributed by atoms with Gasteiger partial charge in [0.2, 0.25) is 0 Å². The Labute approximate surface area is 247 Å². The summed E-state index contributed by atoms with van der Waals surface area (Å²) in [5, 5.41) is 7.45. The zero-order chi connectivity index (χ0) is 26.5. The molecule has 0 atom stereocenters. The molecule has 1 aromatic heterocycles. The number of aromatic nitrogens is 2. The maximum Gasteiger partial charge on any atom is 0.282 e. The van der Waals surface area contributed by atoms with Crippen molar-refractivity contribution in [3.63, 3.8) is 0 Å². The Balaban J connectivity index is 1.55. The molecule has 0 spiro atoms. The first-order chi connectivity index (χ1) is 17.8. The second-order valence-electron chi connectivity index (χ2n) is 7.93. The van der Waals surface area contributed by atoms with Crippen molar-refractivity contribution in [2.45, 2.75) is 19.8 Å². The summed E-state index contributed by atoms with van der Waals surface area (Å²) in [6.07, 6.45) is 3.02. The average molecular weight is 789 g/mol. The molecular formula is C26H20BrFI2N4O3. The third-order valence-electron chi connectivity index (χ3n) is 5.19. The first-order valence-electron chi connectivity index (χ1n) is 11.2. The van der Waals surface area contributed by atoms with E-state index in [4.69, 9.17) is 4.74 Å². The second-order valence-corrected chi connectivity index (χ2v) is 11.2. The van der Waals surface area contributed by atoms with E-state index in [1.54, 1.807) is 24.4 Å². The van der Waals surface area contributed by atoms with E-state index in [-0.39, 0.29) is 17.9 Å². The zero-order valence-corrected chi connectivity index (χ0v) is 25.4. The molecule has 37 heavy (non-hydrogen) atoms. The van der Waals surface area contributed by atoms with Gasteiger partial charge in [0.25, 0.3) is 11.5 Å². The molecule has 1 amide bonds. The number of fused-ring (bicyclic) bond motifs is 1. The molecule has 1 N–H and O–H groups in total. The maximum atomic E-state index is 13.8. The summed E-state index contributed by atoms with van der Waals surface area (Å²) in [6.45, 7) is 1.74. The predicted octanol–water partition coefficient (Wildman–Crippen LogP) is 6.36. The van der Waals surface area contributed by atoms with E-state index in [1.165, 1.54) is 16.8 Å². The number of rotatable bonds is 8. The van der Waals surface area contributed by atoms with Gasteiger partial charge >= 0.3 is 0 Å². The van der Waals surface area contributed by atoms with Crippen LogP contribution < -0.4 is 15.6 Å². The van der Waals surface area contributed by atoms with Crippen molar-refractivity contribution < 1.29 is 13.9 Å². The van der Waals surface area contributed by atoms with Gasteiger partial charge in [-0.15, -0.1) is 0 Å². The predicted molar refractivity (Wildman–Crippen MR) is 163 cm³/mol. The van der Waals surface area contributed by atoms with E-state index < -0.39 is 11.7 Å². The lowest BCUT2D eigenvalue weighted by Gasteiger charge is -2.12. The molecule has 0 saturated heterocycles. The van der Waals surface area contributed by atoms with Crippen LogP contribution >= 0.6 is 61.1 Å². The van der Waals surface area contributed by atoms with Crippen molar-refractivity contribution in [2.75, 3.05) is 11.9 Å². The molecule has 0 saturated carbocycles. The van der Waals surface area contributed by atoms with Crippen LogP contribution in [0.2, 0.25) is 0 Å². The number of nitrogens with one attached hydrogen (secondary N) is 1. The van der Waals surface area contributed by atoms with Gasteiger partial charge in [-0.1, -0.05) is 35.0 Å². The van der Waals surface area contributed by atoms with Crippen LogP contribution in [0, 0.1) is 13.0 Å². The van der Waals surface area contributed by atoms with Crippen molar-refractivity contribution in [3.05, 3.63) is 93.8 Å². The van der Waals surface area contributed by atoms with Crippen LogP contribution in [-0.4, -0.2) is 28.4 Å². The lowest BCUT2D eigenvalue weighted by Crippen LogP contribution is -2.22. The minimum atomic E-state index is -0.515. The van der Waals surface area contributed by atoms with Crippen molar-refractivity contribution in [2.24, 2.45) is 5.10 Å². The molecule has 7 nitrogen and oxygen atoms in total. The van der Waals surface area contributed by atoms with Crippen molar-refractivity contribution in [1.29, 1.82) is 0 Å². The van der Waals surface area contributed by atoms with E-state index in [9.17, 15) is 14.0 Å². The lowest BCUT2D eigenvalue weighted by atomic mass is 10.2. The quantitative estimate of drug-likeness (QED) is 0.167. The molecule has 1 heterocycles. The van der Waals surface area contributed by atoms with Crippen LogP contribution in [0.5, 0.6) is 5.75 Å². The Bertz CT molecular complexity index is 1550. The SMILES string of the molecule is CCCc1nc2ccc(Br)cc2c(=O)n1N=Cc1cc(I)c(OCC(=O)Nc2ccccc2F)c(I)c1. The van der Waals surface area contributed by atoms with Gasteiger partial charge in [0.1, 0.15) is 17.4 Å². The Hall–Kier alpha value is -2.39. The van der Waals surface area contributed by atoms with Crippen molar-refractivity contribution in [3.8, 4) is 5.75 Å². The second kappa shape index (κ2) is 12.4. The van der Waals surface area contributed by atoms with Gasteiger partial charge < -0.3 is 10.1 Å². The largest absolute Gasteiger partial charge is 0.482 e. The number of nitrogens with zero attached hydrogens (tertiary/aromatic N) is 3. The number of hydrogen-bond donors (Lipinski definition) is 1. The number of para-hydroxylation sites is 1. The first-order valence-corrected chi connectivity index (χ1v) is 14.1. The summed E-state index contributed by atoms with van der Waals surface area (Å²) in [5.41, 5.74) is 1.24. The number of halogens is 4.